The minimum atomic E-state index is -0.629. The maximum absolute atomic E-state index is 11.8. The molecule has 8 heteroatoms. The summed E-state index contributed by atoms with van der Waals surface area (Å²) in [6, 6.07) is 2.49. The van der Waals surface area contributed by atoms with Gasteiger partial charge >= 0.3 is 5.69 Å². The molecule has 1 heterocycles. The van der Waals surface area contributed by atoms with Gasteiger partial charge in [-0.15, -0.1) is 0 Å². The third kappa shape index (κ3) is 5.99. The molecule has 0 bridgehead atoms. The van der Waals surface area contributed by atoms with E-state index in [9.17, 15) is 14.9 Å². The molecule has 1 aromatic rings. The summed E-state index contributed by atoms with van der Waals surface area (Å²) in [7, 11) is 0. The molecule has 0 saturated heterocycles. The zero-order chi connectivity index (χ0) is 15.8. The zero-order valence-corrected chi connectivity index (χ0v) is 13.0. The number of hydrogen-bond donors (Lipinski definition) is 2. The van der Waals surface area contributed by atoms with Crippen molar-refractivity contribution in [3.8, 4) is 0 Å². The Morgan fingerprint density at radius 2 is 2.24 bits per heavy atom. The lowest BCUT2D eigenvalue weighted by atomic mass is 10.3. The van der Waals surface area contributed by atoms with Crippen LogP contribution in [0.15, 0.2) is 12.1 Å². The predicted octanol–water partition coefficient (Wildman–Crippen LogP) is 2.08. The smallest absolute Gasteiger partial charge is 0.311 e. The number of nitrogens with one attached hydrogen (secondary N) is 1. The summed E-state index contributed by atoms with van der Waals surface area (Å²) in [6.07, 6.45) is 0.867. The van der Waals surface area contributed by atoms with E-state index in [-0.39, 0.29) is 23.1 Å². The van der Waals surface area contributed by atoms with Crippen LogP contribution in [0.25, 0.3) is 0 Å². The molecule has 0 radical (unpaired) electrons. The first-order chi connectivity index (χ1) is 9.91. The van der Waals surface area contributed by atoms with E-state index in [1.165, 1.54) is 12.1 Å². The van der Waals surface area contributed by atoms with Crippen molar-refractivity contribution in [3.63, 3.8) is 0 Å². The van der Waals surface area contributed by atoms with Gasteiger partial charge in [0.15, 0.2) is 0 Å². The fraction of sp³-hybridized carbons (Fsp3) is 0.538. The van der Waals surface area contributed by atoms with Crippen LogP contribution in [0.2, 0.25) is 0 Å². The normalized spacial score (nSPS) is 10.6. The van der Waals surface area contributed by atoms with Crippen LogP contribution >= 0.6 is 11.8 Å². The fourth-order valence-corrected chi connectivity index (χ4v) is 2.52. The van der Waals surface area contributed by atoms with Gasteiger partial charge in [-0.3, -0.25) is 14.9 Å². The molecule has 1 rings (SSSR count). The molecule has 0 aromatic carbocycles. The van der Waals surface area contributed by atoms with Crippen molar-refractivity contribution in [3.05, 3.63) is 27.9 Å². The molecular formula is C13H20N4O3S. The van der Waals surface area contributed by atoms with Gasteiger partial charge in [-0.05, 0) is 29.9 Å². The lowest BCUT2D eigenvalue weighted by Gasteiger charge is -2.06. The molecule has 7 nitrogen and oxygen atoms in total. The number of hydrogen-bond acceptors (Lipinski definition) is 6. The van der Waals surface area contributed by atoms with E-state index >= 15 is 0 Å². The van der Waals surface area contributed by atoms with Crippen LogP contribution in [-0.4, -0.2) is 33.9 Å². The number of aromatic nitrogens is 1. The first kappa shape index (κ1) is 17.2. The molecule has 0 aliphatic carbocycles. The highest BCUT2D eigenvalue weighted by molar-refractivity contribution is 7.99. The van der Waals surface area contributed by atoms with Gasteiger partial charge in [0.25, 0.3) is 5.91 Å². The highest BCUT2D eigenvalue weighted by Gasteiger charge is 2.15. The van der Waals surface area contributed by atoms with Crippen molar-refractivity contribution in [2.24, 2.45) is 5.92 Å². The fourth-order valence-electron chi connectivity index (χ4n) is 1.53. The van der Waals surface area contributed by atoms with Crippen LogP contribution in [0, 0.1) is 16.0 Å². The molecule has 3 N–H and O–H groups in total. The van der Waals surface area contributed by atoms with Crippen LogP contribution in [0.1, 0.15) is 30.8 Å². The molecule has 0 aliphatic rings. The number of carbonyl (C=O) groups excluding carboxylic acids is 1. The molecule has 116 valence electrons. The number of nitrogens with two attached hydrogens (primary N) is 1. The van der Waals surface area contributed by atoms with Gasteiger partial charge in [-0.2, -0.15) is 11.8 Å². The lowest BCUT2D eigenvalue weighted by Crippen LogP contribution is -2.26. The molecular weight excluding hydrogens is 292 g/mol. The molecule has 0 spiro atoms. The van der Waals surface area contributed by atoms with Gasteiger partial charge < -0.3 is 11.1 Å². The van der Waals surface area contributed by atoms with E-state index in [4.69, 9.17) is 5.73 Å². The quantitative estimate of drug-likeness (QED) is 0.432. The second-order valence-electron chi connectivity index (χ2n) is 4.94. The Labute approximate surface area is 127 Å². The topological polar surface area (TPSA) is 111 Å². The van der Waals surface area contributed by atoms with Crippen molar-refractivity contribution in [1.29, 1.82) is 0 Å². The number of amides is 1. The second kappa shape index (κ2) is 8.46. The number of nitrogens with zero attached hydrogens (tertiary/aromatic N) is 2. The van der Waals surface area contributed by atoms with Gasteiger partial charge in [0, 0.05) is 12.6 Å². The van der Waals surface area contributed by atoms with Gasteiger partial charge in [0.2, 0.25) is 5.82 Å². The highest BCUT2D eigenvalue weighted by atomic mass is 32.2. The molecule has 0 saturated carbocycles. The Morgan fingerprint density at radius 1 is 1.52 bits per heavy atom. The Balaban J connectivity index is 2.39. The molecule has 0 unspecified atom stereocenters. The molecule has 1 aromatic heterocycles. The summed E-state index contributed by atoms with van der Waals surface area (Å²) >= 11 is 1.85. The number of pyridine rings is 1. The maximum atomic E-state index is 11.8. The summed E-state index contributed by atoms with van der Waals surface area (Å²) in [5.41, 5.74) is 5.24. The average Bonchev–Trinajstić information content (AvgIpc) is 2.41. The SMILES string of the molecule is CC(C)CSCCCNC(=O)c1ccc([N+](=O)[O-])c(N)n1. The van der Waals surface area contributed by atoms with E-state index < -0.39 is 4.92 Å². The molecule has 0 atom stereocenters. The largest absolute Gasteiger partial charge is 0.378 e. The summed E-state index contributed by atoms with van der Waals surface area (Å²) < 4.78 is 0. The predicted molar refractivity (Wildman–Crippen MR) is 84.4 cm³/mol. The first-order valence-electron chi connectivity index (χ1n) is 6.68. The van der Waals surface area contributed by atoms with Crippen molar-refractivity contribution in [2.75, 3.05) is 23.8 Å². The summed E-state index contributed by atoms with van der Waals surface area (Å²) in [5.74, 6) is 2.13. The number of nitrogen functional groups attached to an aromatic ring is 1. The summed E-state index contributed by atoms with van der Waals surface area (Å²) in [5, 5.41) is 13.3. The molecule has 21 heavy (non-hydrogen) atoms. The Kier molecular flexibility index (Phi) is 6.93. The third-order valence-corrected chi connectivity index (χ3v) is 4.01. The minimum absolute atomic E-state index is 0.0907. The van der Waals surface area contributed by atoms with Crippen LogP contribution in [0.3, 0.4) is 0 Å². The number of rotatable bonds is 8. The molecule has 0 fully saturated rings. The zero-order valence-electron chi connectivity index (χ0n) is 12.2. The second-order valence-corrected chi connectivity index (χ2v) is 6.09. The number of nitro groups is 1. The van der Waals surface area contributed by atoms with E-state index in [2.05, 4.69) is 24.1 Å². The number of thioether (sulfide) groups is 1. The van der Waals surface area contributed by atoms with Gasteiger partial charge in [0.1, 0.15) is 5.69 Å². The van der Waals surface area contributed by atoms with Gasteiger partial charge in [0.05, 0.1) is 4.92 Å². The average molecular weight is 312 g/mol. The minimum Gasteiger partial charge on any atom is -0.378 e. The van der Waals surface area contributed by atoms with E-state index in [0.717, 1.165) is 17.9 Å². The third-order valence-electron chi connectivity index (χ3n) is 2.53. The van der Waals surface area contributed by atoms with Crippen LogP contribution in [0.5, 0.6) is 0 Å². The van der Waals surface area contributed by atoms with Gasteiger partial charge in [-0.25, -0.2) is 4.98 Å². The van der Waals surface area contributed by atoms with Crippen LogP contribution in [-0.2, 0) is 0 Å². The lowest BCUT2D eigenvalue weighted by molar-refractivity contribution is -0.384. The summed E-state index contributed by atoms with van der Waals surface area (Å²) in [6.45, 7) is 4.88. The highest BCUT2D eigenvalue weighted by Crippen LogP contribution is 2.18. The van der Waals surface area contributed by atoms with Crippen LogP contribution < -0.4 is 11.1 Å². The Morgan fingerprint density at radius 3 is 2.81 bits per heavy atom. The van der Waals surface area contributed by atoms with Gasteiger partial charge in [-0.1, -0.05) is 13.8 Å². The van der Waals surface area contributed by atoms with Crippen LogP contribution in [0.4, 0.5) is 11.5 Å². The van der Waals surface area contributed by atoms with E-state index in [1.807, 2.05) is 11.8 Å². The Hall–Kier alpha value is -1.83. The monoisotopic (exact) mass is 312 g/mol. The van der Waals surface area contributed by atoms with Crippen molar-refractivity contribution >= 4 is 29.2 Å². The molecule has 0 aliphatic heterocycles. The van der Waals surface area contributed by atoms with E-state index in [1.54, 1.807) is 0 Å². The standard InChI is InChI=1S/C13H20N4O3S/c1-9(2)8-21-7-3-6-15-13(18)10-4-5-11(17(19)20)12(14)16-10/h4-5,9H,3,6-8H2,1-2H3,(H2,14,16)(H,15,18). The number of anilines is 1. The maximum Gasteiger partial charge on any atom is 0.311 e. The number of carbonyl (C=O) groups is 1. The van der Waals surface area contributed by atoms with Crippen molar-refractivity contribution in [1.82, 2.24) is 10.3 Å². The Bertz CT molecular complexity index is 508. The van der Waals surface area contributed by atoms with Crippen molar-refractivity contribution in [2.45, 2.75) is 20.3 Å². The van der Waals surface area contributed by atoms with E-state index in [0.29, 0.717) is 12.5 Å². The first-order valence-corrected chi connectivity index (χ1v) is 7.84. The molecule has 1 amide bonds. The van der Waals surface area contributed by atoms with Crippen molar-refractivity contribution < 1.29 is 9.72 Å². The summed E-state index contributed by atoms with van der Waals surface area (Å²) in [4.78, 5) is 25.5.